The van der Waals surface area contributed by atoms with Gasteiger partial charge < -0.3 is 0 Å². The van der Waals surface area contributed by atoms with Crippen molar-refractivity contribution >= 4 is 23.2 Å². The number of carbonyl (C=O) groups is 1. The van der Waals surface area contributed by atoms with Gasteiger partial charge in [-0.2, -0.15) is 5.10 Å². The lowest BCUT2D eigenvalue weighted by Crippen LogP contribution is -2.32. The van der Waals surface area contributed by atoms with Crippen LogP contribution in [0.3, 0.4) is 0 Å². The van der Waals surface area contributed by atoms with Crippen LogP contribution in [0, 0.1) is 20.8 Å². The van der Waals surface area contributed by atoms with Crippen LogP contribution < -0.4 is 4.90 Å². The van der Waals surface area contributed by atoms with Crippen molar-refractivity contribution < 1.29 is 4.79 Å². The minimum Gasteiger partial charge on any atom is -0.292 e. The van der Waals surface area contributed by atoms with E-state index in [2.05, 4.69) is 10.1 Å². The summed E-state index contributed by atoms with van der Waals surface area (Å²) in [5.74, 6) is -0.0633. The molecule has 0 unspecified atom stereocenters. The molecular weight excluding hydrogens is 276 g/mol. The third-order valence-corrected chi connectivity index (χ3v) is 3.82. The molecule has 0 atom stereocenters. The molecule has 5 nitrogen and oxygen atoms in total. The molecule has 1 aromatic carbocycles. The van der Waals surface area contributed by atoms with Crippen LogP contribution in [0.2, 0.25) is 5.02 Å². The predicted molar refractivity (Wildman–Crippen MR) is 78.8 cm³/mol. The number of anilines is 1. The third kappa shape index (κ3) is 2.67. The van der Waals surface area contributed by atoms with Gasteiger partial charge in [0.2, 0.25) is 5.91 Å². The predicted octanol–water partition coefficient (Wildman–Crippen LogP) is 2.87. The first kappa shape index (κ1) is 14.5. The summed E-state index contributed by atoms with van der Waals surface area (Å²) in [4.78, 5) is 17.5. The number of rotatable bonds is 3. The molecule has 1 aromatic heterocycles. The molecule has 0 bridgehead atoms. The third-order valence-electron chi connectivity index (χ3n) is 3.24. The highest BCUT2D eigenvalue weighted by atomic mass is 35.5. The molecule has 6 heteroatoms. The monoisotopic (exact) mass is 292 g/mol. The Morgan fingerprint density at radius 2 is 2.05 bits per heavy atom. The van der Waals surface area contributed by atoms with Gasteiger partial charge in [-0.05, 0) is 37.5 Å². The number of amides is 1. The van der Waals surface area contributed by atoms with E-state index in [0.29, 0.717) is 11.7 Å². The Morgan fingerprint density at radius 3 is 2.60 bits per heavy atom. The van der Waals surface area contributed by atoms with Crippen molar-refractivity contribution in [3.05, 3.63) is 40.4 Å². The van der Waals surface area contributed by atoms with Gasteiger partial charge >= 0.3 is 0 Å². The molecule has 0 saturated heterocycles. The first-order chi connectivity index (χ1) is 9.41. The van der Waals surface area contributed by atoms with Crippen LogP contribution in [0.1, 0.15) is 23.6 Å². The fraction of sp³-hybridized carbons (Fsp3) is 0.357. The molecule has 0 aliphatic carbocycles. The second-order valence-corrected chi connectivity index (χ2v) is 5.20. The van der Waals surface area contributed by atoms with E-state index in [4.69, 9.17) is 11.6 Å². The van der Waals surface area contributed by atoms with Gasteiger partial charge in [0.25, 0.3) is 0 Å². The topological polar surface area (TPSA) is 51.0 Å². The summed E-state index contributed by atoms with van der Waals surface area (Å²) in [5.41, 5.74) is 3.76. The molecule has 0 radical (unpaired) electrons. The zero-order chi connectivity index (χ0) is 14.9. The lowest BCUT2D eigenvalue weighted by molar-refractivity contribution is -0.117. The van der Waals surface area contributed by atoms with Gasteiger partial charge in [-0.1, -0.05) is 17.7 Å². The standard InChI is InChI=1S/C14H17ClN4O/c1-9-5-10(2)14(11(3)13(9)15)19(12(4)20)8-18-7-16-6-17-18/h5-7H,8H2,1-4H3. The van der Waals surface area contributed by atoms with Crippen molar-refractivity contribution in [2.45, 2.75) is 34.4 Å². The Labute approximate surface area is 123 Å². The molecule has 0 aliphatic rings. The Kier molecular flexibility index (Phi) is 4.09. The molecule has 2 aromatic rings. The van der Waals surface area contributed by atoms with E-state index >= 15 is 0 Å². The lowest BCUT2D eigenvalue weighted by Gasteiger charge is -2.26. The number of nitrogens with zero attached hydrogens (tertiary/aromatic N) is 4. The fourth-order valence-electron chi connectivity index (χ4n) is 2.35. The molecule has 0 saturated carbocycles. The first-order valence-electron chi connectivity index (χ1n) is 6.28. The van der Waals surface area contributed by atoms with E-state index in [0.717, 1.165) is 22.4 Å². The van der Waals surface area contributed by atoms with Gasteiger partial charge in [0.1, 0.15) is 19.3 Å². The van der Waals surface area contributed by atoms with Crippen molar-refractivity contribution in [1.82, 2.24) is 14.8 Å². The summed E-state index contributed by atoms with van der Waals surface area (Å²) in [5, 5.41) is 4.73. The maximum atomic E-state index is 12.0. The van der Waals surface area contributed by atoms with Crippen LogP contribution in [0.5, 0.6) is 0 Å². The number of aromatic nitrogens is 3. The SMILES string of the molecule is CC(=O)N(Cn1cncn1)c1c(C)cc(C)c(Cl)c1C. The highest BCUT2D eigenvalue weighted by Crippen LogP contribution is 2.33. The Hall–Kier alpha value is -1.88. The van der Waals surface area contributed by atoms with Crippen molar-refractivity contribution in [3.8, 4) is 0 Å². The normalized spacial score (nSPS) is 10.7. The highest BCUT2D eigenvalue weighted by molar-refractivity contribution is 6.32. The van der Waals surface area contributed by atoms with Gasteiger partial charge in [-0.3, -0.25) is 9.69 Å². The zero-order valence-electron chi connectivity index (χ0n) is 12.0. The zero-order valence-corrected chi connectivity index (χ0v) is 12.8. The number of hydrogen-bond donors (Lipinski definition) is 0. The van der Waals surface area contributed by atoms with E-state index in [1.54, 1.807) is 15.9 Å². The quantitative estimate of drug-likeness (QED) is 0.874. The van der Waals surface area contributed by atoms with Crippen LogP contribution in [-0.2, 0) is 11.5 Å². The maximum Gasteiger partial charge on any atom is 0.225 e. The van der Waals surface area contributed by atoms with E-state index in [1.165, 1.54) is 13.3 Å². The van der Waals surface area contributed by atoms with E-state index in [-0.39, 0.29) is 5.91 Å². The van der Waals surface area contributed by atoms with Gasteiger partial charge in [0, 0.05) is 11.9 Å². The molecule has 0 spiro atoms. The molecular formula is C14H17ClN4O. The van der Waals surface area contributed by atoms with Crippen molar-refractivity contribution in [2.75, 3.05) is 4.90 Å². The summed E-state index contributed by atoms with van der Waals surface area (Å²) in [6.45, 7) is 7.71. The van der Waals surface area contributed by atoms with Crippen LogP contribution in [0.4, 0.5) is 5.69 Å². The number of carbonyl (C=O) groups excluding carboxylic acids is 1. The number of hydrogen-bond acceptors (Lipinski definition) is 3. The van der Waals surface area contributed by atoms with Crippen molar-refractivity contribution in [2.24, 2.45) is 0 Å². The fourth-order valence-corrected chi connectivity index (χ4v) is 2.49. The second-order valence-electron chi connectivity index (χ2n) is 4.82. The van der Waals surface area contributed by atoms with E-state index in [9.17, 15) is 4.79 Å². The smallest absolute Gasteiger partial charge is 0.225 e. The number of benzene rings is 1. The van der Waals surface area contributed by atoms with Crippen LogP contribution >= 0.6 is 11.6 Å². The summed E-state index contributed by atoms with van der Waals surface area (Å²) < 4.78 is 1.61. The maximum absolute atomic E-state index is 12.0. The average Bonchev–Trinajstić information content (AvgIpc) is 2.87. The summed E-state index contributed by atoms with van der Waals surface area (Å²) in [6, 6.07) is 1.99. The Morgan fingerprint density at radius 1 is 1.35 bits per heavy atom. The average molecular weight is 293 g/mol. The lowest BCUT2D eigenvalue weighted by atomic mass is 10.0. The van der Waals surface area contributed by atoms with Gasteiger partial charge in [-0.25, -0.2) is 9.67 Å². The van der Waals surface area contributed by atoms with E-state index in [1.807, 2.05) is 26.8 Å². The van der Waals surface area contributed by atoms with Crippen molar-refractivity contribution in [3.63, 3.8) is 0 Å². The molecule has 0 aliphatic heterocycles. The molecule has 1 amide bonds. The summed E-state index contributed by atoms with van der Waals surface area (Å²) >= 11 is 6.31. The van der Waals surface area contributed by atoms with E-state index < -0.39 is 0 Å². The van der Waals surface area contributed by atoms with Crippen molar-refractivity contribution in [1.29, 1.82) is 0 Å². The van der Waals surface area contributed by atoms with Crippen LogP contribution in [-0.4, -0.2) is 20.7 Å². The number of aryl methyl sites for hydroxylation is 2. The van der Waals surface area contributed by atoms with Crippen LogP contribution in [0.15, 0.2) is 18.7 Å². The van der Waals surface area contributed by atoms with Gasteiger partial charge in [-0.15, -0.1) is 0 Å². The summed E-state index contributed by atoms with van der Waals surface area (Å²) in [6.07, 6.45) is 3.02. The molecule has 2 rings (SSSR count). The second kappa shape index (κ2) is 5.63. The Bertz CT molecular complexity index is 637. The van der Waals surface area contributed by atoms with Gasteiger partial charge in [0.15, 0.2) is 0 Å². The minimum absolute atomic E-state index is 0.0633. The largest absolute Gasteiger partial charge is 0.292 e. The van der Waals surface area contributed by atoms with Crippen LogP contribution in [0.25, 0.3) is 0 Å². The molecule has 20 heavy (non-hydrogen) atoms. The minimum atomic E-state index is -0.0633. The molecule has 0 fully saturated rings. The highest BCUT2D eigenvalue weighted by Gasteiger charge is 2.19. The number of halogens is 1. The molecule has 0 N–H and O–H groups in total. The molecule has 106 valence electrons. The Balaban J connectivity index is 2.50. The summed E-state index contributed by atoms with van der Waals surface area (Å²) in [7, 11) is 0. The molecule has 1 heterocycles. The van der Waals surface area contributed by atoms with Gasteiger partial charge in [0.05, 0.1) is 5.69 Å². The first-order valence-corrected chi connectivity index (χ1v) is 6.66.